The van der Waals surface area contributed by atoms with Crippen molar-refractivity contribution in [3.8, 4) is 11.5 Å². The molecule has 0 spiro atoms. The van der Waals surface area contributed by atoms with Crippen LogP contribution < -0.4 is 14.2 Å². The third-order valence-electron chi connectivity index (χ3n) is 5.46. The Morgan fingerprint density at radius 2 is 1.03 bits per heavy atom. The Morgan fingerprint density at radius 3 is 1.38 bits per heavy atom. The van der Waals surface area contributed by atoms with Gasteiger partial charge in [0.05, 0.1) is 0 Å². The van der Waals surface area contributed by atoms with Crippen LogP contribution in [0.25, 0.3) is 0 Å². The van der Waals surface area contributed by atoms with Gasteiger partial charge in [-0.05, 0) is 45.9 Å². The fourth-order valence-electron chi connectivity index (χ4n) is 3.59. The molecule has 2 rings (SSSR count). The molecule has 0 heterocycles. The molecular weight excluding hydrogens is 454 g/mol. The summed E-state index contributed by atoms with van der Waals surface area (Å²) < 4.78 is 36.2. The third kappa shape index (κ3) is 6.38. The van der Waals surface area contributed by atoms with E-state index in [4.69, 9.17) is 8.92 Å². The molecule has 7 nitrogen and oxygen atoms in total. The monoisotopic (exact) mass is 489 g/mol. The van der Waals surface area contributed by atoms with E-state index in [1.807, 2.05) is 79.7 Å². The summed E-state index contributed by atoms with van der Waals surface area (Å²) in [6, 6.07) is 10.9. The highest BCUT2D eigenvalue weighted by atomic mass is 32.2. The van der Waals surface area contributed by atoms with E-state index >= 15 is 0 Å². The molecule has 0 saturated heterocycles. The summed E-state index contributed by atoms with van der Waals surface area (Å²) in [6.45, 7) is 15.4. The molecule has 1 N–H and O–H groups in total. The molecular formula is C26H35NO6S. The molecule has 0 unspecified atom stereocenters. The highest BCUT2D eigenvalue weighted by Crippen LogP contribution is 2.36. The quantitative estimate of drug-likeness (QED) is 0.430. The van der Waals surface area contributed by atoms with Gasteiger partial charge in [0.15, 0.2) is 0 Å². The zero-order valence-corrected chi connectivity index (χ0v) is 21.9. The van der Waals surface area contributed by atoms with Crippen LogP contribution in [0.4, 0.5) is 9.59 Å². The average Bonchev–Trinajstić information content (AvgIpc) is 2.72. The van der Waals surface area contributed by atoms with Crippen molar-refractivity contribution >= 4 is 21.5 Å². The number of nitrogens with one attached hydrogen (secondary N) is 1. The van der Waals surface area contributed by atoms with Crippen LogP contribution in [0.2, 0.25) is 0 Å². The van der Waals surface area contributed by atoms with Crippen molar-refractivity contribution in [3.05, 3.63) is 58.7 Å². The second-order valence-electron chi connectivity index (χ2n) is 9.49. The van der Waals surface area contributed by atoms with Crippen molar-refractivity contribution in [1.82, 2.24) is 5.32 Å². The van der Waals surface area contributed by atoms with Crippen LogP contribution in [0.3, 0.4) is 0 Å². The predicted molar refractivity (Wildman–Crippen MR) is 133 cm³/mol. The first-order chi connectivity index (χ1) is 15.8. The molecule has 0 saturated carbocycles. The van der Waals surface area contributed by atoms with Crippen molar-refractivity contribution in [3.63, 3.8) is 0 Å². The van der Waals surface area contributed by atoms with Gasteiger partial charge < -0.3 is 8.92 Å². The Kier molecular flexibility index (Phi) is 8.89. The van der Waals surface area contributed by atoms with Crippen LogP contribution in [-0.4, -0.2) is 19.8 Å². The molecule has 0 radical (unpaired) electrons. The maximum Gasteiger partial charge on any atom is 0.420 e. The molecule has 0 fully saturated rings. The van der Waals surface area contributed by atoms with Crippen LogP contribution in [0.1, 0.15) is 101 Å². The van der Waals surface area contributed by atoms with E-state index in [2.05, 4.69) is 0 Å². The number of hydrogen-bond acceptors (Lipinski definition) is 6. The standard InChI is InChI=1S/C26H35NO6S/c1-15(2)19-11-9-12-20(16(3)4)23(19)32-25(28)27-26(29)34(30,31)33-24-21(17(5)6)13-10-14-22(24)18(7)8/h9-18H,1-8H3,(H,27,28,29). The Morgan fingerprint density at radius 1 is 0.676 bits per heavy atom. The Hall–Kier alpha value is -2.87. The van der Waals surface area contributed by atoms with Gasteiger partial charge in [-0.25, -0.2) is 10.1 Å². The van der Waals surface area contributed by atoms with Gasteiger partial charge in [0.25, 0.3) is 0 Å². The highest BCUT2D eigenvalue weighted by Gasteiger charge is 2.31. The number of rotatable bonds is 7. The smallest absolute Gasteiger partial charge is 0.409 e. The summed E-state index contributed by atoms with van der Waals surface area (Å²) in [5.41, 5.74) is 2.86. The maximum atomic E-state index is 12.7. The van der Waals surface area contributed by atoms with E-state index in [1.165, 1.54) is 0 Å². The number of carbonyl (C=O) groups excluding carboxylic acids is 2. The van der Waals surface area contributed by atoms with E-state index < -0.39 is 21.5 Å². The minimum absolute atomic E-state index is 0.0427. The van der Waals surface area contributed by atoms with Crippen LogP contribution in [0, 0.1) is 0 Å². The second-order valence-corrected chi connectivity index (χ2v) is 10.9. The van der Waals surface area contributed by atoms with Gasteiger partial charge in [0.2, 0.25) is 0 Å². The lowest BCUT2D eigenvalue weighted by atomic mass is 9.94. The first-order valence-corrected chi connectivity index (χ1v) is 12.9. The summed E-state index contributed by atoms with van der Waals surface area (Å²) in [7, 11) is -4.82. The lowest BCUT2D eigenvalue weighted by Crippen LogP contribution is -2.39. The molecule has 0 aliphatic heterocycles. The van der Waals surface area contributed by atoms with Crippen LogP contribution >= 0.6 is 0 Å². The van der Waals surface area contributed by atoms with E-state index in [0.29, 0.717) is 16.9 Å². The number of ether oxygens (including phenoxy) is 1. The molecule has 34 heavy (non-hydrogen) atoms. The summed E-state index contributed by atoms with van der Waals surface area (Å²) >= 11 is 0. The van der Waals surface area contributed by atoms with Crippen molar-refractivity contribution in [2.24, 2.45) is 0 Å². The number of hydrogen-bond donors (Lipinski definition) is 1. The Balaban J connectivity index is 2.30. The predicted octanol–water partition coefficient (Wildman–Crippen LogP) is 6.80. The SMILES string of the molecule is CC(C)c1cccc(C(C)C)c1OC(=O)NC(=O)S(=O)(=O)Oc1c(C(C)C)cccc1C(C)C. The summed E-state index contributed by atoms with van der Waals surface area (Å²) in [5, 5.41) is 0.221. The summed E-state index contributed by atoms with van der Waals surface area (Å²) in [5.74, 6) is 0.446. The molecule has 0 aliphatic carbocycles. The summed E-state index contributed by atoms with van der Waals surface area (Å²) in [4.78, 5) is 25.1. The molecule has 2 aromatic carbocycles. The molecule has 2 aromatic rings. The van der Waals surface area contributed by atoms with Crippen molar-refractivity contribution < 1.29 is 26.9 Å². The van der Waals surface area contributed by atoms with E-state index in [9.17, 15) is 18.0 Å². The number of imide groups is 1. The van der Waals surface area contributed by atoms with Crippen molar-refractivity contribution in [2.45, 2.75) is 79.1 Å². The topological polar surface area (TPSA) is 98.8 Å². The van der Waals surface area contributed by atoms with Gasteiger partial charge in [-0.15, -0.1) is 0 Å². The first-order valence-electron chi connectivity index (χ1n) is 11.5. The number of benzene rings is 2. The average molecular weight is 490 g/mol. The molecule has 186 valence electrons. The fourth-order valence-corrected chi connectivity index (χ4v) is 4.29. The summed E-state index contributed by atoms with van der Waals surface area (Å²) in [6.07, 6.45) is -1.19. The van der Waals surface area contributed by atoms with Crippen LogP contribution in [-0.2, 0) is 10.1 Å². The fraction of sp³-hybridized carbons (Fsp3) is 0.462. The largest absolute Gasteiger partial charge is 0.420 e. The van der Waals surface area contributed by atoms with Gasteiger partial charge in [-0.3, -0.25) is 4.79 Å². The van der Waals surface area contributed by atoms with E-state index in [0.717, 1.165) is 11.1 Å². The maximum absolute atomic E-state index is 12.7. The Bertz CT molecular complexity index is 1100. The molecule has 0 aromatic heterocycles. The molecule has 8 heteroatoms. The Labute approximate surface area is 203 Å². The number of carbonyl (C=O) groups is 2. The van der Waals surface area contributed by atoms with Gasteiger partial charge in [0.1, 0.15) is 11.5 Å². The zero-order valence-electron chi connectivity index (χ0n) is 21.1. The van der Waals surface area contributed by atoms with Crippen LogP contribution in [0.15, 0.2) is 36.4 Å². The van der Waals surface area contributed by atoms with E-state index in [1.54, 1.807) is 17.4 Å². The number of amides is 2. The lowest BCUT2D eigenvalue weighted by Gasteiger charge is -2.20. The zero-order chi connectivity index (χ0) is 25.8. The minimum atomic E-state index is -4.82. The third-order valence-corrected chi connectivity index (χ3v) is 6.40. The molecule has 2 amide bonds. The lowest BCUT2D eigenvalue weighted by molar-refractivity contribution is 0.199. The molecule has 0 bridgehead atoms. The molecule has 0 aliphatic rings. The van der Waals surface area contributed by atoms with Crippen molar-refractivity contribution in [2.75, 3.05) is 0 Å². The van der Waals surface area contributed by atoms with Gasteiger partial charge in [-0.1, -0.05) is 91.8 Å². The highest BCUT2D eigenvalue weighted by molar-refractivity contribution is 8.02. The van der Waals surface area contributed by atoms with E-state index in [-0.39, 0.29) is 29.4 Å². The van der Waals surface area contributed by atoms with Gasteiger partial charge >= 0.3 is 21.5 Å². The minimum Gasteiger partial charge on any atom is -0.409 e. The normalized spacial score (nSPS) is 11.9. The number of para-hydroxylation sites is 2. The van der Waals surface area contributed by atoms with Gasteiger partial charge in [-0.2, -0.15) is 8.42 Å². The molecule has 0 atom stereocenters. The van der Waals surface area contributed by atoms with Crippen molar-refractivity contribution in [1.29, 1.82) is 0 Å². The van der Waals surface area contributed by atoms with Crippen LogP contribution in [0.5, 0.6) is 11.5 Å². The first kappa shape index (κ1) is 27.4. The van der Waals surface area contributed by atoms with Gasteiger partial charge in [0, 0.05) is 0 Å². The second kappa shape index (κ2) is 11.0.